The Balaban J connectivity index is 3.04. The van der Waals surface area contributed by atoms with Crippen molar-refractivity contribution in [1.82, 2.24) is 0 Å². The molecule has 0 atom stereocenters. The lowest BCUT2D eigenvalue weighted by Crippen LogP contribution is -2.15. The highest BCUT2D eigenvalue weighted by Crippen LogP contribution is 2.13. The smallest absolute Gasteiger partial charge is 0.341 e. The van der Waals surface area contributed by atoms with E-state index < -0.39 is 5.97 Å². The van der Waals surface area contributed by atoms with Crippen molar-refractivity contribution in [3.8, 4) is 0 Å². The summed E-state index contributed by atoms with van der Waals surface area (Å²) < 4.78 is 17.7. The van der Waals surface area contributed by atoms with Crippen LogP contribution in [0.4, 0.5) is 4.39 Å². The van der Waals surface area contributed by atoms with E-state index in [4.69, 9.17) is 4.74 Å². The minimum absolute atomic E-state index is 0.00954. The first kappa shape index (κ1) is 15.1. The van der Waals surface area contributed by atoms with E-state index in [9.17, 15) is 14.0 Å². The Morgan fingerprint density at radius 3 is 2.37 bits per heavy atom. The summed E-state index contributed by atoms with van der Waals surface area (Å²) in [6.07, 6.45) is 2.38. The second-order valence-corrected chi connectivity index (χ2v) is 4.00. The van der Waals surface area contributed by atoms with E-state index in [1.807, 2.05) is 6.92 Å². The van der Waals surface area contributed by atoms with Crippen molar-refractivity contribution in [3.05, 3.63) is 41.2 Å². The molecule has 4 heteroatoms. The molecule has 1 aromatic rings. The van der Waals surface area contributed by atoms with Gasteiger partial charge in [0.25, 0.3) is 0 Å². The molecule has 0 aliphatic carbocycles. The average molecular weight is 264 g/mol. The van der Waals surface area contributed by atoms with Gasteiger partial charge in [0, 0.05) is 6.42 Å². The molecule has 0 fully saturated rings. The topological polar surface area (TPSA) is 43.4 Å². The fourth-order valence-corrected chi connectivity index (χ4v) is 1.55. The molecule has 0 saturated carbocycles. The number of carbonyl (C=O) groups excluding carboxylic acids is 2. The monoisotopic (exact) mass is 264 g/mol. The van der Waals surface area contributed by atoms with Crippen LogP contribution in [0.25, 0.3) is 6.08 Å². The molecule has 0 radical (unpaired) electrons. The molecule has 0 saturated heterocycles. The summed E-state index contributed by atoms with van der Waals surface area (Å²) in [6, 6.07) is 5.57. The van der Waals surface area contributed by atoms with Crippen molar-refractivity contribution in [2.45, 2.75) is 26.7 Å². The summed E-state index contributed by atoms with van der Waals surface area (Å²) in [7, 11) is 0. The number of hydrogen-bond donors (Lipinski definition) is 0. The van der Waals surface area contributed by atoms with E-state index in [2.05, 4.69) is 0 Å². The molecule has 102 valence electrons. The molecule has 1 rings (SSSR count). The fourth-order valence-electron chi connectivity index (χ4n) is 1.55. The predicted molar refractivity (Wildman–Crippen MR) is 70.9 cm³/mol. The summed E-state index contributed by atoms with van der Waals surface area (Å²) in [5, 5.41) is 0. The lowest BCUT2D eigenvalue weighted by molar-refractivity contribution is -0.139. The fraction of sp³-hybridized carbons (Fsp3) is 0.333. The molecule has 3 nitrogen and oxygen atoms in total. The van der Waals surface area contributed by atoms with Crippen molar-refractivity contribution in [3.63, 3.8) is 0 Å². The highest BCUT2D eigenvalue weighted by Gasteiger charge is 2.18. The van der Waals surface area contributed by atoms with Gasteiger partial charge in [-0.05, 0) is 37.1 Å². The first-order valence-corrected chi connectivity index (χ1v) is 6.26. The third-order valence-corrected chi connectivity index (χ3v) is 2.45. The van der Waals surface area contributed by atoms with Crippen LogP contribution >= 0.6 is 0 Å². The van der Waals surface area contributed by atoms with Crippen molar-refractivity contribution in [2.24, 2.45) is 0 Å². The Labute approximate surface area is 112 Å². The quantitative estimate of drug-likeness (QED) is 0.343. The SMILES string of the molecule is CCCC(=O)/C(=C\c1ccc(F)cc1)C(=O)OCC. The van der Waals surface area contributed by atoms with Crippen molar-refractivity contribution in [2.75, 3.05) is 6.61 Å². The Bertz CT molecular complexity index is 455. The van der Waals surface area contributed by atoms with Gasteiger partial charge in [-0.25, -0.2) is 9.18 Å². The Hall–Kier alpha value is -1.97. The van der Waals surface area contributed by atoms with Gasteiger partial charge in [0.2, 0.25) is 0 Å². The molecule has 0 amide bonds. The highest BCUT2D eigenvalue weighted by atomic mass is 19.1. The molecule has 0 unspecified atom stereocenters. The van der Waals surface area contributed by atoms with Gasteiger partial charge in [-0.3, -0.25) is 4.79 Å². The lowest BCUT2D eigenvalue weighted by Gasteiger charge is -2.06. The zero-order valence-corrected chi connectivity index (χ0v) is 11.1. The number of carbonyl (C=O) groups is 2. The first-order valence-electron chi connectivity index (χ1n) is 6.26. The van der Waals surface area contributed by atoms with Gasteiger partial charge in [-0.15, -0.1) is 0 Å². The van der Waals surface area contributed by atoms with Crippen LogP contribution in [0.5, 0.6) is 0 Å². The van der Waals surface area contributed by atoms with Gasteiger partial charge in [-0.2, -0.15) is 0 Å². The Morgan fingerprint density at radius 2 is 1.84 bits per heavy atom. The van der Waals surface area contributed by atoms with Crippen molar-refractivity contribution in [1.29, 1.82) is 0 Å². The first-order chi connectivity index (χ1) is 9.08. The third kappa shape index (κ3) is 4.66. The summed E-state index contributed by atoms with van der Waals surface area (Å²) in [4.78, 5) is 23.6. The molecule has 0 bridgehead atoms. The van der Waals surface area contributed by atoms with Gasteiger partial charge in [-0.1, -0.05) is 19.1 Å². The van der Waals surface area contributed by atoms with Gasteiger partial charge in [0.15, 0.2) is 5.78 Å². The zero-order valence-electron chi connectivity index (χ0n) is 11.1. The van der Waals surface area contributed by atoms with Gasteiger partial charge >= 0.3 is 5.97 Å². The van der Waals surface area contributed by atoms with E-state index in [1.165, 1.54) is 30.3 Å². The second-order valence-electron chi connectivity index (χ2n) is 4.00. The number of esters is 1. The lowest BCUT2D eigenvalue weighted by atomic mass is 10.0. The Kier molecular flexibility index (Phi) is 5.93. The normalized spacial score (nSPS) is 11.2. The van der Waals surface area contributed by atoms with E-state index in [0.717, 1.165) is 0 Å². The molecule has 0 aliphatic rings. The molecule has 0 N–H and O–H groups in total. The van der Waals surface area contributed by atoms with E-state index in [-0.39, 0.29) is 30.2 Å². The maximum Gasteiger partial charge on any atom is 0.341 e. The third-order valence-electron chi connectivity index (χ3n) is 2.45. The standard InChI is InChI=1S/C15H17FO3/c1-3-5-14(17)13(15(18)19-4-2)10-11-6-8-12(16)9-7-11/h6-10H,3-5H2,1-2H3/b13-10+. The number of benzene rings is 1. The summed E-state index contributed by atoms with van der Waals surface area (Å²) >= 11 is 0. The van der Waals surface area contributed by atoms with E-state index in [1.54, 1.807) is 6.92 Å². The molecule has 0 spiro atoms. The van der Waals surface area contributed by atoms with Crippen LogP contribution < -0.4 is 0 Å². The molecule has 0 aromatic heterocycles. The van der Waals surface area contributed by atoms with Crippen LogP contribution in [0.1, 0.15) is 32.3 Å². The minimum Gasteiger partial charge on any atom is -0.462 e. The molecular weight excluding hydrogens is 247 g/mol. The minimum atomic E-state index is -0.634. The number of hydrogen-bond acceptors (Lipinski definition) is 3. The van der Waals surface area contributed by atoms with Gasteiger partial charge < -0.3 is 4.74 Å². The maximum absolute atomic E-state index is 12.8. The van der Waals surface area contributed by atoms with Crippen LogP contribution in [0.15, 0.2) is 29.8 Å². The highest BCUT2D eigenvalue weighted by molar-refractivity contribution is 6.20. The number of halogens is 1. The summed E-state index contributed by atoms with van der Waals surface area (Å²) in [5.41, 5.74) is 0.601. The molecule has 0 heterocycles. The maximum atomic E-state index is 12.8. The van der Waals surface area contributed by atoms with Crippen molar-refractivity contribution >= 4 is 17.8 Å². The second kappa shape index (κ2) is 7.46. The largest absolute Gasteiger partial charge is 0.462 e. The van der Waals surface area contributed by atoms with Crippen LogP contribution in [-0.2, 0) is 14.3 Å². The van der Waals surface area contributed by atoms with Crippen LogP contribution in [0.3, 0.4) is 0 Å². The number of ether oxygens (including phenoxy) is 1. The molecule has 19 heavy (non-hydrogen) atoms. The summed E-state index contributed by atoms with van der Waals surface area (Å²) in [6.45, 7) is 3.75. The van der Waals surface area contributed by atoms with Crippen LogP contribution in [0.2, 0.25) is 0 Å². The van der Waals surface area contributed by atoms with E-state index >= 15 is 0 Å². The number of ketones is 1. The summed E-state index contributed by atoms with van der Waals surface area (Å²) in [5.74, 6) is -1.26. The number of Topliss-reactive ketones (excluding diaryl/α,β-unsaturated/α-hetero) is 1. The van der Waals surface area contributed by atoms with E-state index in [0.29, 0.717) is 12.0 Å². The Morgan fingerprint density at radius 1 is 1.21 bits per heavy atom. The molecular formula is C15H17FO3. The zero-order chi connectivity index (χ0) is 14.3. The average Bonchev–Trinajstić information content (AvgIpc) is 2.38. The van der Waals surface area contributed by atoms with Gasteiger partial charge in [0.05, 0.1) is 6.61 Å². The van der Waals surface area contributed by atoms with Crippen LogP contribution in [-0.4, -0.2) is 18.4 Å². The van der Waals surface area contributed by atoms with Crippen molar-refractivity contribution < 1.29 is 18.7 Å². The number of rotatable bonds is 6. The van der Waals surface area contributed by atoms with Gasteiger partial charge in [0.1, 0.15) is 11.4 Å². The predicted octanol–water partition coefficient (Wildman–Crippen LogP) is 3.14. The molecule has 0 aliphatic heterocycles. The van der Waals surface area contributed by atoms with Crippen LogP contribution in [0, 0.1) is 5.82 Å². The molecule has 1 aromatic carbocycles.